The van der Waals surface area contributed by atoms with Gasteiger partial charge in [-0.25, -0.2) is 4.79 Å². The lowest BCUT2D eigenvalue weighted by Gasteiger charge is -2.14. The number of carbonyl (C=O) groups excluding carboxylic acids is 2. The van der Waals surface area contributed by atoms with Crippen LogP contribution in [0.1, 0.15) is 56.1 Å². The van der Waals surface area contributed by atoms with Crippen molar-refractivity contribution < 1.29 is 14.3 Å². The molecule has 1 saturated carbocycles. The molecule has 1 fully saturated rings. The third-order valence-electron chi connectivity index (χ3n) is 3.70. The molecule has 0 spiro atoms. The molecule has 1 aliphatic carbocycles. The topological polar surface area (TPSA) is 86.3 Å². The van der Waals surface area contributed by atoms with Gasteiger partial charge in [0.05, 0.1) is 5.69 Å². The molecule has 0 aliphatic heterocycles. The molecule has 0 unspecified atom stereocenters. The molecular formula is C15H23N3O3. The summed E-state index contributed by atoms with van der Waals surface area (Å²) < 4.78 is 6.93. The van der Waals surface area contributed by atoms with E-state index in [2.05, 4.69) is 5.32 Å². The molecular weight excluding hydrogens is 270 g/mol. The Morgan fingerprint density at radius 2 is 2.10 bits per heavy atom. The molecule has 0 radical (unpaired) electrons. The standard InChI is InChI=1S/C15H23N3O3/c1-3-11(4-2)17-14(19)9-21-15(20)13-7-10(16)8-18(13)12-5-6-12/h7-8,11-12H,3-6,9,16H2,1-2H3,(H,17,19). The number of aromatic nitrogens is 1. The lowest BCUT2D eigenvalue weighted by Crippen LogP contribution is -2.37. The van der Waals surface area contributed by atoms with Crippen molar-refractivity contribution in [2.45, 2.75) is 51.6 Å². The Bertz CT molecular complexity index is 516. The highest BCUT2D eigenvalue weighted by molar-refractivity contribution is 5.91. The van der Waals surface area contributed by atoms with Gasteiger partial charge in [-0.2, -0.15) is 0 Å². The molecule has 1 heterocycles. The summed E-state index contributed by atoms with van der Waals surface area (Å²) in [6.45, 7) is 3.75. The van der Waals surface area contributed by atoms with Crippen LogP contribution in [-0.4, -0.2) is 29.1 Å². The molecule has 1 aliphatic rings. The van der Waals surface area contributed by atoms with Gasteiger partial charge in [-0.3, -0.25) is 4.79 Å². The summed E-state index contributed by atoms with van der Waals surface area (Å²) in [5.41, 5.74) is 6.69. The van der Waals surface area contributed by atoms with Crippen LogP contribution in [0.2, 0.25) is 0 Å². The largest absolute Gasteiger partial charge is 0.451 e. The van der Waals surface area contributed by atoms with Crippen LogP contribution in [0.3, 0.4) is 0 Å². The lowest BCUT2D eigenvalue weighted by atomic mass is 10.2. The molecule has 0 aromatic carbocycles. The van der Waals surface area contributed by atoms with E-state index in [4.69, 9.17) is 10.5 Å². The predicted octanol–water partition coefficient (Wildman–Crippen LogP) is 1.87. The van der Waals surface area contributed by atoms with Crippen molar-refractivity contribution in [1.82, 2.24) is 9.88 Å². The second-order valence-corrected chi connectivity index (χ2v) is 5.45. The monoisotopic (exact) mass is 293 g/mol. The number of nitrogen functional groups attached to an aromatic ring is 1. The van der Waals surface area contributed by atoms with Gasteiger partial charge in [-0.1, -0.05) is 13.8 Å². The number of anilines is 1. The Morgan fingerprint density at radius 3 is 2.67 bits per heavy atom. The number of hydrogen-bond donors (Lipinski definition) is 2. The first-order valence-corrected chi connectivity index (χ1v) is 7.49. The predicted molar refractivity (Wildman–Crippen MR) is 79.9 cm³/mol. The van der Waals surface area contributed by atoms with Gasteiger partial charge in [0.1, 0.15) is 5.69 Å². The molecule has 6 heteroatoms. The number of nitrogens with zero attached hydrogens (tertiary/aromatic N) is 1. The first-order valence-electron chi connectivity index (χ1n) is 7.49. The molecule has 21 heavy (non-hydrogen) atoms. The molecule has 2 rings (SSSR count). The number of nitrogens with one attached hydrogen (secondary N) is 1. The van der Waals surface area contributed by atoms with Crippen LogP contribution in [0.25, 0.3) is 0 Å². The molecule has 0 bridgehead atoms. The van der Waals surface area contributed by atoms with Crippen molar-refractivity contribution in [2.75, 3.05) is 12.3 Å². The van der Waals surface area contributed by atoms with Crippen LogP contribution in [0.4, 0.5) is 5.69 Å². The number of ether oxygens (including phenoxy) is 1. The van der Waals surface area contributed by atoms with Crippen LogP contribution < -0.4 is 11.1 Å². The van der Waals surface area contributed by atoms with Crippen LogP contribution >= 0.6 is 0 Å². The fourth-order valence-corrected chi connectivity index (χ4v) is 2.29. The van der Waals surface area contributed by atoms with Crippen LogP contribution in [-0.2, 0) is 9.53 Å². The fraction of sp³-hybridized carbons (Fsp3) is 0.600. The molecule has 3 N–H and O–H groups in total. The van der Waals surface area contributed by atoms with Gasteiger partial charge in [-0.05, 0) is 31.7 Å². The van der Waals surface area contributed by atoms with Gasteiger partial charge in [-0.15, -0.1) is 0 Å². The normalized spacial score (nSPS) is 14.2. The van der Waals surface area contributed by atoms with Crippen LogP contribution in [0, 0.1) is 0 Å². The zero-order chi connectivity index (χ0) is 15.4. The smallest absolute Gasteiger partial charge is 0.355 e. The number of carbonyl (C=O) groups is 2. The van der Waals surface area contributed by atoms with E-state index >= 15 is 0 Å². The summed E-state index contributed by atoms with van der Waals surface area (Å²) in [6.07, 6.45) is 5.56. The van der Waals surface area contributed by atoms with Crippen molar-refractivity contribution in [1.29, 1.82) is 0 Å². The molecule has 0 saturated heterocycles. The third kappa shape index (κ3) is 4.00. The highest BCUT2D eigenvalue weighted by Crippen LogP contribution is 2.37. The van der Waals surface area contributed by atoms with Crippen LogP contribution in [0.15, 0.2) is 12.3 Å². The minimum absolute atomic E-state index is 0.127. The number of amides is 1. The summed E-state index contributed by atoms with van der Waals surface area (Å²) >= 11 is 0. The van der Waals surface area contributed by atoms with Gasteiger partial charge in [0.25, 0.3) is 5.91 Å². The van der Waals surface area contributed by atoms with E-state index in [-0.39, 0.29) is 18.6 Å². The second-order valence-electron chi connectivity index (χ2n) is 5.45. The first kappa shape index (κ1) is 15.4. The summed E-state index contributed by atoms with van der Waals surface area (Å²) in [5, 5.41) is 2.83. The second kappa shape index (κ2) is 6.65. The number of nitrogens with two attached hydrogens (primary N) is 1. The Kier molecular flexibility index (Phi) is 4.88. The first-order chi connectivity index (χ1) is 10.0. The van der Waals surface area contributed by atoms with Gasteiger partial charge >= 0.3 is 5.97 Å². The van der Waals surface area contributed by atoms with Gasteiger partial charge in [0, 0.05) is 18.3 Å². The summed E-state index contributed by atoms with van der Waals surface area (Å²) in [5.74, 6) is -0.771. The third-order valence-corrected chi connectivity index (χ3v) is 3.70. The number of rotatable bonds is 7. The maximum atomic E-state index is 12.1. The van der Waals surface area contributed by atoms with Crippen molar-refractivity contribution in [3.05, 3.63) is 18.0 Å². The van der Waals surface area contributed by atoms with Gasteiger partial charge in [0.2, 0.25) is 0 Å². The van der Waals surface area contributed by atoms with Crippen molar-refractivity contribution in [3.8, 4) is 0 Å². The minimum atomic E-state index is -0.502. The molecule has 6 nitrogen and oxygen atoms in total. The van der Waals surface area contributed by atoms with E-state index in [0.717, 1.165) is 25.7 Å². The van der Waals surface area contributed by atoms with E-state index in [9.17, 15) is 9.59 Å². The molecule has 1 amide bonds. The Labute approximate surface area is 124 Å². The summed E-state index contributed by atoms with van der Waals surface area (Å²) in [6, 6.07) is 2.06. The zero-order valence-corrected chi connectivity index (χ0v) is 12.6. The van der Waals surface area contributed by atoms with Crippen molar-refractivity contribution in [2.24, 2.45) is 0 Å². The summed E-state index contributed by atoms with van der Waals surface area (Å²) in [4.78, 5) is 23.8. The Morgan fingerprint density at radius 1 is 1.43 bits per heavy atom. The summed E-state index contributed by atoms with van der Waals surface area (Å²) in [7, 11) is 0. The average Bonchev–Trinajstić information content (AvgIpc) is 3.24. The van der Waals surface area contributed by atoms with Gasteiger partial charge in [0.15, 0.2) is 6.61 Å². The maximum Gasteiger partial charge on any atom is 0.355 e. The minimum Gasteiger partial charge on any atom is -0.451 e. The lowest BCUT2D eigenvalue weighted by molar-refractivity contribution is -0.125. The highest BCUT2D eigenvalue weighted by Gasteiger charge is 2.28. The molecule has 1 aromatic heterocycles. The average molecular weight is 293 g/mol. The van der Waals surface area contributed by atoms with Gasteiger partial charge < -0.3 is 20.4 Å². The van der Waals surface area contributed by atoms with Crippen molar-refractivity contribution >= 4 is 17.6 Å². The van der Waals surface area contributed by atoms with E-state index in [0.29, 0.717) is 17.4 Å². The van der Waals surface area contributed by atoms with E-state index in [1.807, 2.05) is 18.4 Å². The molecule has 116 valence electrons. The quantitative estimate of drug-likeness (QED) is 0.751. The SMILES string of the molecule is CCC(CC)NC(=O)COC(=O)c1cc(N)cn1C1CC1. The maximum absolute atomic E-state index is 12.1. The molecule has 1 aromatic rings. The molecule has 0 atom stereocenters. The number of hydrogen-bond acceptors (Lipinski definition) is 4. The van der Waals surface area contributed by atoms with E-state index in [1.54, 1.807) is 12.3 Å². The van der Waals surface area contributed by atoms with Crippen LogP contribution in [0.5, 0.6) is 0 Å². The van der Waals surface area contributed by atoms with E-state index < -0.39 is 5.97 Å². The number of esters is 1. The highest BCUT2D eigenvalue weighted by atomic mass is 16.5. The fourth-order valence-electron chi connectivity index (χ4n) is 2.29. The van der Waals surface area contributed by atoms with Crippen molar-refractivity contribution in [3.63, 3.8) is 0 Å². The zero-order valence-electron chi connectivity index (χ0n) is 12.6. The van der Waals surface area contributed by atoms with E-state index in [1.165, 1.54) is 0 Å². The Balaban J connectivity index is 1.88. The Hall–Kier alpha value is -1.98.